The molecule has 1 aliphatic carbocycles. The first-order valence-corrected chi connectivity index (χ1v) is 8.10. The first kappa shape index (κ1) is 14.4. The Bertz CT molecular complexity index is 611. The highest BCUT2D eigenvalue weighted by molar-refractivity contribution is 7.89. The monoisotopic (exact) mass is 298 g/mol. The highest BCUT2D eigenvalue weighted by atomic mass is 32.2. The van der Waals surface area contributed by atoms with E-state index in [1.54, 1.807) is 25.1 Å². The van der Waals surface area contributed by atoms with Gasteiger partial charge in [0.1, 0.15) is 4.99 Å². The molecule has 0 amide bonds. The number of benzene rings is 1. The Balaban J connectivity index is 2.16. The highest BCUT2D eigenvalue weighted by Gasteiger charge is 2.33. The number of nitrogens with one attached hydrogen (secondary N) is 1. The third-order valence-corrected chi connectivity index (χ3v) is 5.23. The smallest absolute Gasteiger partial charge is 0.240 e. The predicted octanol–water partition coefficient (Wildman–Crippen LogP) is 1.56. The fourth-order valence-electron chi connectivity index (χ4n) is 2.06. The zero-order chi connectivity index (χ0) is 14.2. The van der Waals surface area contributed by atoms with Crippen molar-refractivity contribution in [1.82, 2.24) is 4.72 Å². The second-order valence-corrected chi connectivity index (χ2v) is 7.37. The fraction of sp³-hybridized carbons (Fsp3) is 0.462. The Hall–Kier alpha value is -0.980. The number of hydrogen-bond donors (Lipinski definition) is 2. The molecule has 4 nitrogen and oxygen atoms in total. The molecule has 3 N–H and O–H groups in total. The van der Waals surface area contributed by atoms with Gasteiger partial charge in [0.05, 0.1) is 4.90 Å². The van der Waals surface area contributed by atoms with Gasteiger partial charge in [-0.25, -0.2) is 13.1 Å². The molecule has 19 heavy (non-hydrogen) atoms. The molecule has 1 saturated carbocycles. The van der Waals surface area contributed by atoms with Gasteiger partial charge in [0.2, 0.25) is 10.0 Å². The summed E-state index contributed by atoms with van der Waals surface area (Å²) < 4.78 is 26.9. The van der Waals surface area contributed by atoms with Crippen LogP contribution in [0, 0.1) is 18.8 Å². The van der Waals surface area contributed by atoms with Gasteiger partial charge in [-0.05, 0) is 42.9 Å². The van der Waals surface area contributed by atoms with Crippen LogP contribution in [0.1, 0.15) is 24.5 Å². The van der Waals surface area contributed by atoms with Crippen LogP contribution in [0.15, 0.2) is 23.1 Å². The van der Waals surface area contributed by atoms with Crippen LogP contribution < -0.4 is 10.5 Å². The third kappa shape index (κ3) is 3.32. The topological polar surface area (TPSA) is 72.2 Å². The number of aryl methyl sites for hydroxylation is 1. The molecule has 0 aromatic heterocycles. The molecule has 0 heterocycles. The van der Waals surface area contributed by atoms with Crippen molar-refractivity contribution in [2.24, 2.45) is 17.6 Å². The van der Waals surface area contributed by atoms with E-state index in [2.05, 4.69) is 11.6 Å². The van der Waals surface area contributed by atoms with Crippen LogP contribution in [0.25, 0.3) is 0 Å². The van der Waals surface area contributed by atoms with Gasteiger partial charge in [-0.1, -0.05) is 25.2 Å². The zero-order valence-corrected chi connectivity index (χ0v) is 12.6. The van der Waals surface area contributed by atoms with Crippen molar-refractivity contribution in [3.05, 3.63) is 29.3 Å². The Kier molecular flexibility index (Phi) is 3.94. The maximum Gasteiger partial charge on any atom is 0.240 e. The summed E-state index contributed by atoms with van der Waals surface area (Å²) in [5.74, 6) is 1.10. The van der Waals surface area contributed by atoms with E-state index in [1.165, 1.54) is 0 Å². The Labute approximate surface area is 119 Å². The lowest BCUT2D eigenvalue weighted by atomic mass is 10.1. The fourth-order valence-corrected chi connectivity index (χ4v) is 3.47. The van der Waals surface area contributed by atoms with Gasteiger partial charge >= 0.3 is 0 Å². The van der Waals surface area contributed by atoms with Gasteiger partial charge in [0.25, 0.3) is 0 Å². The van der Waals surface area contributed by atoms with Crippen molar-refractivity contribution in [3.8, 4) is 0 Å². The van der Waals surface area contributed by atoms with E-state index in [4.69, 9.17) is 18.0 Å². The number of hydrogen-bond acceptors (Lipinski definition) is 3. The SMILES string of the molecule is Cc1cc(S(=O)(=O)NCC2CC2C)ccc1C(N)=S. The van der Waals surface area contributed by atoms with Crippen LogP contribution >= 0.6 is 12.2 Å². The Morgan fingerprint density at radius 3 is 2.63 bits per heavy atom. The number of nitrogens with two attached hydrogens (primary N) is 1. The van der Waals surface area contributed by atoms with Crippen molar-refractivity contribution in [1.29, 1.82) is 0 Å². The third-order valence-electron chi connectivity index (χ3n) is 3.59. The first-order chi connectivity index (χ1) is 8.81. The normalized spacial score (nSPS) is 22.2. The Morgan fingerprint density at radius 2 is 2.16 bits per heavy atom. The van der Waals surface area contributed by atoms with Gasteiger partial charge in [-0.3, -0.25) is 0 Å². The van der Waals surface area contributed by atoms with Crippen molar-refractivity contribution in [3.63, 3.8) is 0 Å². The highest BCUT2D eigenvalue weighted by Crippen LogP contribution is 2.37. The van der Waals surface area contributed by atoms with E-state index in [-0.39, 0.29) is 9.88 Å². The standard InChI is InChI=1S/C13H18N2O2S2/c1-8-5-10(8)7-15-19(16,17)11-3-4-12(13(14)18)9(2)6-11/h3-4,6,8,10,15H,5,7H2,1-2H3,(H2,14,18). The summed E-state index contributed by atoms with van der Waals surface area (Å²) in [6, 6.07) is 4.80. The molecule has 0 radical (unpaired) electrons. The van der Waals surface area contributed by atoms with Gasteiger partial charge in [-0.2, -0.15) is 0 Å². The number of thiocarbonyl (C=S) groups is 1. The summed E-state index contributed by atoms with van der Waals surface area (Å²) in [7, 11) is -3.44. The van der Waals surface area contributed by atoms with Crippen molar-refractivity contribution in [2.75, 3.05) is 6.54 Å². The maximum atomic E-state index is 12.1. The van der Waals surface area contributed by atoms with Gasteiger partial charge in [-0.15, -0.1) is 0 Å². The molecule has 1 aromatic rings. The van der Waals surface area contributed by atoms with Crippen LogP contribution in [0.5, 0.6) is 0 Å². The summed E-state index contributed by atoms with van der Waals surface area (Å²) in [5, 5.41) is 0. The van der Waals surface area contributed by atoms with Gasteiger partial charge < -0.3 is 5.73 Å². The lowest BCUT2D eigenvalue weighted by molar-refractivity contribution is 0.574. The minimum absolute atomic E-state index is 0.262. The second kappa shape index (κ2) is 5.19. The van der Waals surface area contributed by atoms with Crippen LogP contribution in [0.4, 0.5) is 0 Å². The minimum Gasteiger partial charge on any atom is -0.389 e. The van der Waals surface area contributed by atoms with Crippen LogP contribution in [0.2, 0.25) is 0 Å². The molecule has 1 fully saturated rings. The lowest BCUT2D eigenvalue weighted by Gasteiger charge is -2.09. The minimum atomic E-state index is -3.44. The largest absolute Gasteiger partial charge is 0.389 e. The lowest BCUT2D eigenvalue weighted by Crippen LogP contribution is -2.26. The van der Waals surface area contributed by atoms with E-state index in [1.807, 2.05) is 0 Å². The van der Waals surface area contributed by atoms with E-state index < -0.39 is 10.0 Å². The molecule has 2 rings (SSSR count). The summed E-state index contributed by atoms with van der Waals surface area (Å²) in [5.41, 5.74) is 7.05. The average Bonchev–Trinajstić information content (AvgIpc) is 3.02. The molecule has 1 aliphatic rings. The van der Waals surface area contributed by atoms with Gasteiger partial charge in [0, 0.05) is 12.1 Å². The molecule has 0 bridgehead atoms. The summed E-state index contributed by atoms with van der Waals surface area (Å²) >= 11 is 4.91. The summed E-state index contributed by atoms with van der Waals surface area (Å²) in [6.07, 6.45) is 1.10. The van der Waals surface area contributed by atoms with Crippen molar-refractivity contribution < 1.29 is 8.42 Å². The second-order valence-electron chi connectivity index (χ2n) is 5.17. The van der Waals surface area contributed by atoms with E-state index >= 15 is 0 Å². The van der Waals surface area contributed by atoms with Crippen molar-refractivity contribution in [2.45, 2.75) is 25.2 Å². The molecule has 0 saturated heterocycles. The molecule has 104 valence electrons. The molecule has 1 aromatic carbocycles. The molecule has 2 unspecified atom stereocenters. The molecular weight excluding hydrogens is 280 g/mol. The molecular formula is C13H18N2O2S2. The first-order valence-electron chi connectivity index (χ1n) is 6.21. The quantitative estimate of drug-likeness (QED) is 0.809. The molecule has 0 spiro atoms. The summed E-state index contributed by atoms with van der Waals surface area (Å²) in [4.78, 5) is 0.541. The van der Waals surface area contributed by atoms with Crippen molar-refractivity contribution >= 4 is 27.2 Å². The Morgan fingerprint density at radius 1 is 1.53 bits per heavy atom. The van der Waals surface area contributed by atoms with Crippen LogP contribution in [-0.2, 0) is 10.0 Å². The maximum absolute atomic E-state index is 12.1. The number of rotatable bonds is 5. The molecule has 2 atom stereocenters. The van der Waals surface area contributed by atoms with Gasteiger partial charge in [0.15, 0.2) is 0 Å². The van der Waals surface area contributed by atoms with E-state index in [9.17, 15) is 8.42 Å². The number of sulfonamides is 1. The van der Waals surface area contributed by atoms with Crippen LogP contribution in [0.3, 0.4) is 0 Å². The van der Waals surface area contributed by atoms with E-state index in [0.29, 0.717) is 23.9 Å². The zero-order valence-electron chi connectivity index (χ0n) is 11.0. The van der Waals surface area contributed by atoms with Crippen LogP contribution in [-0.4, -0.2) is 20.0 Å². The van der Waals surface area contributed by atoms with E-state index in [0.717, 1.165) is 12.0 Å². The molecule has 0 aliphatic heterocycles. The average molecular weight is 298 g/mol. The molecule has 6 heteroatoms. The summed E-state index contributed by atoms with van der Waals surface area (Å²) in [6.45, 7) is 4.44. The predicted molar refractivity (Wildman–Crippen MR) is 79.5 cm³/mol.